The van der Waals surface area contributed by atoms with Crippen LogP contribution in [0.2, 0.25) is 0 Å². The van der Waals surface area contributed by atoms with Crippen molar-refractivity contribution in [2.75, 3.05) is 25.9 Å². The van der Waals surface area contributed by atoms with Gasteiger partial charge >= 0.3 is 0 Å². The van der Waals surface area contributed by atoms with Crippen LogP contribution in [0.1, 0.15) is 12.8 Å². The smallest absolute Gasteiger partial charge is 0.258 e. The maximum atomic E-state index is 12.2. The number of non-ortho nitro benzene ring substituents is 1. The SMILES string of the molecule is CS(=O)(=O)N1CCC(CNS(=O)(=O)c2ccc([N+](=O)[O-])cc2)CC1. The van der Waals surface area contributed by atoms with E-state index in [1.165, 1.54) is 16.4 Å². The Hall–Kier alpha value is -1.56. The van der Waals surface area contributed by atoms with Crippen molar-refractivity contribution in [3.05, 3.63) is 34.4 Å². The largest absolute Gasteiger partial charge is 0.269 e. The predicted octanol–water partition coefficient (Wildman–Crippen LogP) is 0.545. The number of hydrogen-bond acceptors (Lipinski definition) is 6. The minimum atomic E-state index is -3.75. The number of hydrogen-bond donors (Lipinski definition) is 1. The van der Waals surface area contributed by atoms with Gasteiger partial charge in [0.15, 0.2) is 0 Å². The molecule has 24 heavy (non-hydrogen) atoms. The van der Waals surface area contributed by atoms with E-state index in [0.717, 1.165) is 18.4 Å². The molecule has 0 amide bonds. The van der Waals surface area contributed by atoms with Crippen LogP contribution in [0.15, 0.2) is 29.2 Å². The van der Waals surface area contributed by atoms with Gasteiger partial charge in [-0.3, -0.25) is 10.1 Å². The summed E-state index contributed by atoms with van der Waals surface area (Å²) in [5.74, 6) is 0.0517. The number of nitrogens with zero attached hydrogens (tertiary/aromatic N) is 2. The number of benzene rings is 1. The molecule has 134 valence electrons. The summed E-state index contributed by atoms with van der Waals surface area (Å²) in [6.07, 6.45) is 2.32. The molecule has 9 nitrogen and oxygen atoms in total. The Balaban J connectivity index is 1.93. The van der Waals surface area contributed by atoms with Gasteiger partial charge < -0.3 is 0 Å². The molecule has 0 unspecified atom stereocenters. The van der Waals surface area contributed by atoms with Gasteiger partial charge in [-0.05, 0) is 30.9 Å². The second-order valence-electron chi connectivity index (χ2n) is 5.71. The van der Waals surface area contributed by atoms with Gasteiger partial charge in [-0.1, -0.05) is 0 Å². The van der Waals surface area contributed by atoms with Crippen LogP contribution in [0.3, 0.4) is 0 Å². The van der Waals surface area contributed by atoms with E-state index >= 15 is 0 Å². The van der Waals surface area contributed by atoms with E-state index in [9.17, 15) is 26.9 Å². The lowest BCUT2D eigenvalue weighted by Gasteiger charge is -2.30. The van der Waals surface area contributed by atoms with E-state index < -0.39 is 25.0 Å². The number of nitro benzene ring substituents is 1. The van der Waals surface area contributed by atoms with Crippen molar-refractivity contribution < 1.29 is 21.8 Å². The Kier molecular flexibility index (Phi) is 5.58. The lowest BCUT2D eigenvalue weighted by Crippen LogP contribution is -2.41. The quantitative estimate of drug-likeness (QED) is 0.569. The summed E-state index contributed by atoms with van der Waals surface area (Å²) in [5, 5.41) is 10.6. The van der Waals surface area contributed by atoms with Gasteiger partial charge in [0, 0.05) is 31.8 Å². The van der Waals surface area contributed by atoms with E-state index in [2.05, 4.69) is 4.72 Å². The monoisotopic (exact) mass is 377 g/mol. The van der Waals surface area contributed by atoms with Crippen molar-refractivity contribution in [3.8, 4) is 0 Å². The Morgan fingerprint density at radius 3 is 2.17 bits per heavy atom. The minimum absolute atomic E-state index is 0.0401. The molecule has 11 heteroatoms. The number of rotatable bonds is 6. The second-order valence-corrected chi connectivity index (χ2v) is 9.46. The van der Waals surface area contributed by atoms with Gasteiger partial charge in [-0.2, -0.15) is 0 Å². The van der Waals surface area contributed by atoms with Crippen molar-refractivity contribution in [1.29, 1.82) is 0 Å². The van der Waals surface area contributed by atoms with Crippen molar-refractivity contribution in [2.24, 2.45) is 5.92 Å². The van der Waals surface area contributed by atoms with E-state index in [0.29, 0.717) is 25.9 Å². The highest BCUT2D eigenvalue weighted by Gasteiger charge is 2.26. The first kappa shape index (κ1) is 18.8. The molecule has 1 N–H and O–H groups in total. The molecule has 1 heterocycles. The molecule has 0 radical (unpaired) electrons. The number of nitrogens with one attached hydrogen (secondary N) is 1. The molecule has 0 saturated carbocycles. The summed E-state index contributed by atoms with van der Waals surface area (Å²) < 4.78 is 51.1. The average Bonchev–Trinajstić information content (AvgIpc) is 2.52. The topological polar surface area (TPSA) is 127 Å². The van der Waals surface area contributed by atoms with E-state index in [-0.39, 0.29) is 23.0 Å². The molecule has 2 rings (SSSR count). The van der Waals surface area contributed by atoms with Crippen molar-refractivity contribution in [1.82, 2.24) is 9.03 Å². The normalized spacial score (nSPS) is 17.7. The van der Waals surface area contributed by atoms with Crippen molar-refractivity contribution in [3.63, 3.8) is 0 Å². The average molecular weight is 377 g/mol. The lowest BCUT2D eigenvalue weighted by atomic mass is 9.99. The second kappa shape index (κ2) is 7.13. The summed E-state index contributed by atoms with van der Waals surface area (Å²) in [4.78, 5) is 9.95. The maximum Gasteiger partial charge on any atom is 0.269 e. The molecule has 0 atom stereocenters. The highest BCUT2D eigenvalue weighted by molar-refractivity contribution is 7.89. The first-order valence-corrected chi connectivity index (χ1v) is 10.6. The summed E-state index contributed by atoms with van der Waals surface area (Å²) in [5.41, 5.74) is -0.179. The van der Waals surface area contributed by atoms with Crippen LogP contribution in [0.5, 0.6) is 0 Å². The van der Waals surface area contributed by atoms with E-state index in [4.69, 9.17) is 0 Å². The molecular weight excluding hydrogens is 358 g/mol. The van der Waals surface area contributed by atoms with Crippen LogP contribution in [-0.2, 0) is 20.0 Å². The summed E-state index contributed by atoms with van der Waals surface area (Å²) in [6.45, 7) is 0.961. The standard InChI is InChI=1S/C13H19N3O6S2/c1-23(19,20)15-8-6-11(7-9-15)10-14-24(21,22)13-4-2-12(3-5-13)16(17)18/h2-5,11,14H,6-10H2,1H3. The Morgan fingerprint density at radius 2 is 1.71 bits per heavy atom. The number of sulfonamides is 2. The molecule has 1 aliphatic rings. The van der Waals surface area contributed by atoms with Crippen LogP contribution in [-0.4, -0.2) is 52.0 Å². The molecule has 0 spiro atoms. The summed E-state index contributed by atoms with van der Waals surface area (Å²) in [6, 6.07) is 4.65. The number of piperidine rings is 1. The van der Waals surface area contributed by atoms with Crippen LogP contribution in [0.4, 0.5) is 5.69 Å². The highest BCUT2D eigenvalue weighted by Crippen LogP contribution is 2.20. The van der Waals surface area contributed by atoms with E-state index in [1.807, 2.05) is 0 Å². The van der Waals surface area contributed by atoms with Crippen LogP contribution in [0, 0.1) is 16.0 Å². The predicted molar refractivity (Wildman–Crippen MR) is 87.4 cm³/mol. The molecule has 1 aromatic carbocycles. The zero-order valence-corrected chi connectivity index (χ0v) is 14.7. The Morgan fingerprint density at radius 1 is 1.17 bits per heavy atom. The molecule has 1 aliphatic heterocycles. The Labute approximate surface area is 140 Å². The first-order chi connectivity index (χ1) is 11.1. The zero-order valence-electron chi connectivity index (χ0n) is 13.1. The van der Waals surface area contributed by atoms with Gasteiger partial charge in [0.25, 0.3) is 5.69 Å². The lowest BCUT2D eigenvalue weighted by molar-refractivity contribution is -0.384. The molecule has 1 aromatic rings. The Bertz CT molecular complexity index is 797. The fraction of sp³-hybridized carbons (Fsp3) is 0.538. The fourth-order valence-electron chi connectivity index (χ4n) is 2.50. The van der Waals surface area contributed by atoms with Gasteiger partial charge in [0.2, 0.25) is 20.0 Å². The third-order valence-corrected chi connectivity index (χ3v) is 6.71. The zero-order chi connectivity index (χ0) is 18.0. The third kappa shape index (κ3) is 4.72. The summed E-state index contributed by atoms with van der Waals surface area (Å²) in [7, 11) is -6.96. The first-order valence-electron chi connectivity index (χ1n) is 7.29. The van der Waals surface area contributed by atoms with Gasteiger partial charge in [0.1, 0.15) is 0 Å². The van der Waals surface area contributed by atoms with Gasteiger partial charge in [0.05, 0.1) is 16.1 Å². The highest BCUT2D eigenvalue weighted by atomic mass is 32.2. The summed E-state index contributed by atoms with van der Waals surface area (Å²) >= 11 is 0. The third-order valence-electron chi connectivity index (χ3n) is 3.96. The fourth-order valence-corrected chi connectivity index (χ4v) is 4.49. The molecule has 0 aromatic heterocycles. The molecule has 1 saturated heterocycles. The van der Waals surface area contributed by atoms with Crippen LogP contribution in [0.25, 0.3) is 0 Å². The molecule has 0 bridgehead atoms. The molecule has 0 aliphatic carbocycles. The van der Waals surface area contributed by atoms with Crippen molar-refractivity contribution >= 4 is 25.7 Å². The van der Waals surface area contributed by atoms with Crippen LogP contribution < -0.4 is 4.72 Å². The van der Waals surface area contributed by atoms with Crippen LogP contribution >= 0.6 is 0 Å². The van der Waals surface area contributed by atoms with Crippen molar-refractivity contribution in [2.45, 2.75) is 17.7 Å². The minimum Gasteiger partial charge on any atom is -0.258 e. The molecule has 1 fully saturated rings. The van der Waals surface area contributed by atoms with Gasteiger partial charge in [-0.25, -0.2) is 25.9 Å². The van der Waals surface area contributed by atoms with E-state index in [1.54, 1.807) is 0 Å². The number of nitro groups is 1. The van der Waals surface area contributed by atoms with Gasteiger partial charge in [-0.15, -0.1) is 0 Å². The molecular formula is C13H19N3O6S2. The maximum absolute atomic E-state index is 12.2.